The summed E-state index contributed by atoms with van der Waals surface area (Å²) in [6.07, 6.45) is 0. The van der Waals surface area contributed by atoms with Crippen LogP contribution in [0.5, 0.6) is 0 Å². The average Bonchev–Trinajstić information content (AvgIpc) is 2.89. The van der Waals surface area contributed by atoms with E-state index >= 15 is 0 Å². The fourth-order valence-electron chi connectivity index (χ4n) is 3.90. The number of hydrogen-bond donors (Lipinski definition) is 1. The molecular formula is C29H22ClN3O. The maximum atomic E-state index is 13.0. The van der Waals surface area contributed by atoms with Crippen LogP contribution in [0.4, 0.5) is 0 Å². The predicted octanol–water partition coefficient (Wildman–Crippen LogP) is 7.11. The van der Waals surface area contributed by atoms with Crippen LogP contribution in [0, 0.1) is 0 Å². The second kappa shape index (κ2) is 9.46. The summed E-state index contributed by atoms with van der Waals surface area (Å²) in [5, 5.41) is 3.72. The highest BCUT2D eigenvalue weighted by Crippen LogP contribution is 2.31. The van der Waals surface area contributed by atoms with Crippen molar-refractivity contribution < 1.29 is 4.79 Å². The third-order valence-corrected chi connectivity index (χ3v) is 5.99. The SMILES string of the molecule is CC(NC(=O)c1ccc2nc(-c3ccccc3)c(-c3ccccc3)nc2c1)c1ccc(Cl)cc1. The summed E-state index contributed by atoms with van der Waals surface area (Å²) in [7, 11) is 0. The second-order valence-electron chi connectivity index (χ2n) is 8.10. The molecule has 0 aliphatic heterocycles. The van der Waals surface area contributed by atoms with Crippen LogP contribution < -0.4 is 5.32 Å². The molecule has 166 valence electrons. The van der Waals surface area contributed by atoms with Crippen molar-refractivity contribution in [1.82, 2.24) is 15.3 Å². The molecule has 1 atom stereocenters. The van der Waals surface area contributed by atoms with Crippen LogP contribution in [0.2, 0.25) is 5.02 Å². The van der Waals surface area contributed by atoms with Crippen LogP contribution in [0.25, 0.3) is 33.5 Å². The van der Waals surface area contributed by atoms with Crippen molar-refractivity contribution in [2.75, 3.05) is 0 Å². The van der Waals surface area contributed by atoms with E-state index in [1.807, 2.05) is 97.9 Å². The van der Waals surface area contributed by atoms with E-state index in [9.17, 15) is 4.79 Å². The zero-order chi connectivity index (χ0) is 23.5. The summed E-state index contributed by atoms with van der Waals surface area (Å²) < 4.78 is 0. The molecule has 1 unspecified atom stereocenters. The van der Waals surface area contributed by atoms with Gasteiger partial charge in [-0.2, -0.15) is 0 Å². The Morgan fingerprint density at radius 3 is 1.88 bits per heavy atom. The van der Waals surface area contributed by atoms with Crippen molar-refractivity contribution in [2.24, 2.45) is 0 Å². The Labute approximate surface area is 203 Å². The molecule has 0 aliphatic carbocycles. The van der Waals surface area contributed by atoms with Crippen LogP contribution in [0.1, 0.15) is 28.9 Å². The highest BCUT2D eigenvalue weighted by atomic mass is 35.5. The van der Waals surface area contributed by atoms with Gasteiger partial charge in [0.25, 0.3) is 5.91 Å². The van der Waals surface area contributed by atoms with Gasteiger partial charge in [0.2, 0.25) is 0 Å². The van der Waals surface area contributed by atoms with E-state index in [0.29, 0.717) is 16.1 Å². The number of rotatable bonds is 5. The number of aromatic nitrogens is 2. The fraction of sp³-hybridized carbons (Fsp3) is 0.0690. The second-order valence-corrected chi connectivity index (χ2v) is 8.54. The van der Waals surface area contributed by atoms with Gasteiger partial charge >= 0.3 is 0 Å². The smallest absolute Gasteiger partial charge is 0.251 e. The summed E-state index contributed by atoms with van der Waals surface area (Å²) in [5.41, 5.74) is 6.49. The highest BCUT2D eigenvalue weighted by molar-refractivity contribution is 6.30. The van der Waals surface area contributed by atoms with Gasteiger partial charge in [-0.05, 0) is 42.8 Å². The van der Waals surface area contributed by atoms with Crippen LogP contribution >= 0.6 is 11.6 Å². The lowest BCUT2D eigenvalue weighted by Crippen LogP contribution is -2.26. The number of nitrogens with one attached hydrogen (secondary N) is 1. The van der Waals surface area contributed by atoms with E-state index in [2.05, 4.69) is 5.32 Å². The average molecular weight is 464 g/mol. The molecule has 0 saturated carbocycles. The number of amides is 1. The number of fused-ring (bicyclic) bond motifs is 1. The van der Waals surface area contributed by atoms with Crippen molar-refractivity contribution in [3.05, 3.63) is 119 Å². The Bertz CT molecular complexity index is 1450. The fourth-order valence-corrected chi connectivity index (χ4v) is 4.03. The van der Waals surface area contributed by atoms with E-state index in [4.69, 9.17) is 21.6 Å². The molecule has 5 aromatic rings. The Morgan fingerprint density at radius 2 is 1.29 bits per heavy atom. The predicted molar refractivity (Wildman–Crippen MR) is 138 cm³/mol. The molecule has 1 amide bonds. The van der Waals surface area contributed by atoms with E-state index in [1.165, 1.54) is 0 Å². The monoisotopic (exact) mass is 463 g/mol. The zero-order valence-corrected chi connectivity index (χ0v) is 19.3. The number of benzene rings is 4. The molecule has 4 aromatic carbocycles. The lowest BCUT2D eigenvalue weighted by Gasteiger charge is -2.15. The van der Waals surface area contributed by atoms with Gasteiger partial charge in [-0.15, -0.1) is 0 Å². The molecule has 1 heterocycles. The van der Waals surface area contributed by atoms with Crippen LogP contribution in [0.3, 0.4) is 0 Å². The van der Waals surface area contributed by atoms with Gasteiger partial charge in [0, 0.05) is 21.7 Å². The first-order valence-corrected chi connectivity index (χ1v) is 11.5. The Balaban J connectivity index is 1.52. The lowest BCUT2D eigenvalue weighted by molar-refractivity contribution is 0.0940. The molecule has 0 saturated heterocycles. The van der Waals surface area contributed by atoms with Gasteiger partial charge < -0.3 is 5.32 Å². The van der Waals surface area contributed by atoms with Crippen molar-refractivity contribution >= 4 is 28.5 Å². The summed E-state index contributed by atoms with van der Waals surface area (Å²) in [6.45, 7) is 1.95. The Morgan fingerprint density at radius 1 is 0.735 bits per heavy atom. The first-order valence-electron chi connectivity index (χ1n) is 11.1. The maximum absolute atomic E-state index is 13.0. The molecule has 1 aromatic heterocycles. The first-order chi connectivity index (χ1) is 16.6. The lowest BCUT2D eigenvalue weighted by atomic mass is 10.0. The summed E-state index contributed by atoms with van der Waals surface area (Å²) >= 11 is 5.98. The van der Waals surface area contributed by atoms with Crippen molar-refractivity contribution in [3.63, 3.8) is 0 Å². The third kappa shape index (κ3) is 4.54. The minimum atomic E-state index is -0.167. The topological polar surface area (TPSA) is 54.9 Å². The van der Waals surface area contributed by atoms with Crippen molar-refractivity contribution in [2.45, 2.75) is 13.0 Å². The summed E-state index contributed by atoms with van der Waals surface area (Å²) in [6, 6.07) is 32.8. The van der Waals surface area contributed by atoms with Crippen LogP contribution in [0.15, 0.2) is 103 Å². The molecule has 4 nitrogen and oxygen atoms in total. The molecule has 5 rings (SSSR count). The van der Waals surface area contributed by atoms with E-state index < -0.39 is 0 Å². The molecule has 0 radical (unpaired) electrons. The molecule has 0 aliphatic rings. The van der Waals surface area contributed by atoms with Gasteiger partial charge in [0.1, 0.15) is 0 Å². The van der Waals surface area contributed by atoms with Gasteiger partial charge in [0.05, 0.1) is 28.5 Å². The summed E-state index contributed by atoms with van der Waals surface area (Å²) in [5.74, 6) is -0.167. The number of carbonyl (C=O) groups excluding carboxylic acids is 1. The highest BCUT2D eigenvalue weighted by Gasteiger charge is 2.16. The van der Waals surface area contributed by atoms with Gasteiger partial charge in [0.15, 0.2) is 0 Å². The minimum Gasteiger partial charge on any atom is -0.346 e. The summed E-state index contributed by atoms with van der Waals surface area (Å²) in [4.78, 5) is 22.9. The maximum Gasteiger partial charge on any atom is 0.251 e. The van der Waals surface area contributed by atoms with E-state index in [0.717, 1.165) is 33.6 Å². The first kappa shape index (κ1) is 21.8. The van der Waals surface area contributed by atoms with Crippen molar-refractivity contribution in [1.29, 1.82) is 0 Å². The van der Waals surface area contributed by atoms with Gasteiger partial charge in [-0.3, -0.25) is 4.79 Å². The molecule has 0 fully saturated rings. The Kier molecular flexibility index (Phi) is 6.07. The number of carbonyl (C=O) groups is 1. The standard InChI is InChI=1S/C29H22ClN3O/c1-19(20-12-15-24(30)16-13-20)31-29(34)23-14-17-25-26(18-23)33-28(22-10-6-3-7-11-22)27(32-25)21-8-4-2-5-9-21/h2-19H,1H3,(H,31,34). The quantitative estimate of drug-likeness (QED) is 0.302. The normalized spacial score (nSPS) is 11.8. The largest absolute Gasteiger partial charge is 0.346 e. The van der Waals surface area contributed by atoms with Crippen LogP contribution in [-0.4, -0.2) is 15.9 Å². The van der Waals surface area contributed by atoms with E-state index in [1.54, 1.807) is 12.1 Å². The molecule has 1 N–H and O–H groups in total. The molecular weight excluding hydrogens is 442 g/mol. The zero-order valence-electron chi connectivity index (χ0n) is 18.6. The number of halogens is 1. The number of hydrogen-bond acceptors (Lipinski definition) is 3. The van der Waals surface area contributed by atoms with Crippen molar-refractivity contribution in [3.8, 4) is 22.5 Å². The third-order valence-electron chi connectivity index (χ3n) is 5.74. The van der Waals surface area contributed by atoms with Gasteiger partial charge in [-0.1, -0.05) is 84.4 Å². The molecule has 5 heteroatoms. The van der Waals surface area contributed by atoms with Crippen LogP contribution in [-0.2, 0) is 0 Å². The van der Waals surface area contributed by atoms with Gasteiger partial charge in [-0.25, -0.2) is 9.97 Å². The number of nitrogens with zero attached hydrogens (tertiary/aromatic N) is 2. The Hall–Kier alpha value is -4.02. The molecule has 0 bridgehead atoms. The minimum absolute atomic E-state index is 0.160. The molecule has 0 spiro atoms. The van der Waals surface area contributed by atoms with E-state index in [-0.39, 0.29) is 11.9 Å². The molecule has 34 heavy (non-hydrogen) atoms.